The normalized spacial score (nSPS) is 24.9. The van der Waals surface area contributed by atoms with E-state index in [2.05, 4.69) is 5.32 Å². The van der Waals surface area contributed by atoms with Gasteiger partial charge in [-0.15, -0.1) is 0 Å². The molecule has 1 N–H and O–H groups in total. The topological polar surface area (TPSA) is 55.4 Å². The number of halogens is 3. The van der Waals surface area contributed by atoms with Crippen molar-refractivity contribution in [3.05, 3.63) is 0 Å². The third-order valence-corrected chi connectivity index (χ3v) is 4.49. The lowest BCUT2D eigenvalue weighted by molar-refractivity contribution is -0.149. The van der Waals surface area contributed by atoms with Crippen molar-refractivity contribution in [3.8, 4) is 0 Å². The molecule has 20 heavy (non-hydrogen) atoms. The molecule has 2 fully saturated rings. The van der Waals surface area contributed by atoms with Crippen LogP contribution in [0, 0.1) is 5.92 Å². The van der Waals surface area contributed by atoms with Crippen LogP contribution in [0.25, 0.3) is 0 Å². The monoisotopic (exact) mass is 311 g/mol. The van der Waals surface area contributed by atoms with Gasteiger partial charge in [-0.25, -0.2) is 0 Å². The van der Waals surface area contributed by atoms with Gasteiger partial charge < -0.3 is 10.1 Å². The maximum absolute atomic E-state index is 12.0. The molecule has 0 bridgehead atoms. The maximum Gasteiger partial charge on any atom is 0.441 e. The van der Waals surface area contributed by atoms with Crippen molar-refractivity contribution in [2.45, 2.75) is 43.2 Å². The Labute approximate surface area is 118 Å². The number of carbonyl (C=O) groups excluding carboxylic acids is 2. The summed E-state index contributed by atoms with van der Waals surface area (Å²) >= 11 is -0.171. The van der Waals surface area contributed by atoms with E-state index in [4.69, 9.17) is 4.74 Å². The fourth-order valence-corrected chi connectivity index (χ4v) is 3.35. The van der Waals surface area contributed by atoms with Crippen LogP contribution in [-0.2, 0) is 14.3 Å². The number of hydrogen-bond acceptors (Lipinski definition) is 4. The number of amides is 1. The molecular weight excluding hydrogens is 295 g/mol. The third kappa shape index (κ3) is 3.59. The summed E-state index contributed by atoms with van der Waals surface area (Å²) in [5, 5.41) is 2.48. The first-order chi connectivity index (χ1) is 9.32. The van der Waals surface area contributed by atoms with Gasteiger partial charge >= 0.3 is 11.5 Å². The van der Waals surface area contributed by atoms with Gasteiger partial charge in [0.05, 0.1) is 12.3 Å². The Bertz CT molecular complexity index is 394. The first-order valence-electron chi connectivity index (χ1n) is 6.53. The molecule has 1 amide bonds. The van der Waals surface area contributed by atoms with Gasteiger partial charge in [-0.05, 0) is 37.4 Å². The van der Waals surface area contributed by atoms with Gasteiger partial charge in [0.2, 0.25) is 5.91 Å². The Kier molecular flexibility index (Phi) is 4.51. The zero-order valence-electron chi connectivity index (χ0n) is 10.8. The number of alkyl halides is 3. The summed E-state index contributed by atoms with van der Waals surface area (Å²) in [6.07, 6.45) is 3.16. The first kappa shape index (κ1) is 15.5. The zero-order chi connectivity index (χ0) is 14.8. The molecule has 8 heteroatoms. The lowest BCUT2D eigenvalue weighted by atomic mass is 9.85. The lowest BCUT2D eigenvalue weighted by Gasteiger charge is -2.27. The first-order valence-corrected chi connectivity index (χ1v) is 7.51. The van der Waals surface area contributed by atoms with Gasteiger partial charge in [0.25, 0.3) is 0 Å². The van der Waals surface area contributed by atoms with Gasteiger partial charge in [-0.2, -0.15) is 13.2 Å². The molecule has 0 aromatic carbocycles. The van der Waals surface area contributed by atoms with Crippen LogP contribution in [-0.4, -0.2) is 35.3 Å². The van der Waals surface area contributed by atoms with E-state index >= 15 is 0 Å². The van der Waals surface area contributed by atoms with Gasteiger partial charge in [-0.1, -0.05) is 0 Å². The minimum atomic E-state index is -4.29. The summed E-state index contributed by atoms with van der Waals surface area (Å²) < 4.78 is 41.2. The molecule has 1 atom stereocenters. The molecular formula is C12H16F3NO3S. The molecule has 1 saturated heterocycles. The number of rotatable bonds is 4. The van der Waals surface area contributed by atoms with Crippen LogP contribution < -0.4 is 5.32 Å². The number of nitrogens with one attached hydrogen (secondary N) is 1. The number of carbonyl (C=O) groups is 2. The molecule has 1 saturated carbocycles. The SMILES string of the molecule is O=C1CC(C(=O)NCCSC(F)(F)F)C2(CCCC2)O1. The molecule has 0 aromatic heterocycles. The summed E-state index contributed by atoms with van der Waals surface area (Å²) in [6, 6.07) is 0. The van der Waals surface area contributed by atoms with Crippen LogP contribution in [0.5, 0.6) is 0 Å². The Morgan fingerprint density at radius 3 is 2.65 bits per heavy atom. The predicted molar refractivity (Wildman–Crippen MR) is 66.9 cm³/mol. The smallest absolute Gasteiger partial charge is 0.441 e. The van der Waals surface area contributed by atoms with Crippen molar-refractivity contribution in [1.29, 1.82) is 0 Å². The fraction of sp³-hybridized carbons (Fsp3) is 0.833. The highest BCUT2D eigenvalue weighted by Gasteiger charge is 2.53. The van der Waals surface area contributed by atoms with E-state index < -0.39 is 23.0 Å². The molecule has 1 aliphatic heterocycles. The summed E-state index contributed by atoms with van der Waals surface area (Å²) in [5.41, 5.74) is -5.00. The minimum Gasteiger partial charge on any atom is -0.458 e. The van der Waals surface area contributed by atoms with Crippen molar-refractivity contribution < 1.29 is 27.5 Å². The Hall–Kier alpha value is -0.920. The Balaban J connectivity index is 1.84. The van der Waals surface area contributed by atoms with Gasteiger partial charge in [-0.3, -0.25) is 9.59 Å². The van der Waals surface area contributed by atoms with Gasteiger partial charge in [0, 0.05) is 12.3 Å². The quantitative estimate of drug-likeness (QED) is 0.639. The van der Waals surface area contributed by atoms with E-state index in [1.807, 2.05) is 0 Å². The van der Waals surface area contributed by atoms with Crippen LogP contribution in [0.15, 0.2) is 0 Å². The van der Waals surface area contributed by atoms with E-state index in [0.717, 1.165) is 12.8 Å². The van der Waals surface area contributed by atoms with Crippen molar-refractivity contribution >= 4 is 23.6 Å². The second kappa shape index (κ2) is 5.83. The highest BCUT2D eigenvalue weighted by molar-refractivity contribution is 8.00. The van der Waals surface area contributed by atoms with Crippen LogP contribution in [0.2, 0.25) is 0 Å². The second-order valence-electron chi connectivity index (χ2n) is 5.09. The largest absolute Gasteiger partial charge is 0.458 e. The van der Waals surface area contributed by atoms with E-state index in [9.17, 15) is 22.8 Å². The van der Waals surface area contributed by atoms with E-state index in [1.54, 1.807) is 0 Å². The second-order valence-corrected chi connectivity index (χ2v) is 6.25. The standard InChI is InChI=1S/C12H16F3NO3S/c13-12(14,15)20-6-5-16-10(18)8-7-9(17)19-11(8)3-1-2-4-11/h8H,1-7H2,(H,16,18). The molecule has 1 spiro atoms. The van der Waals surface area contributed by atoms with Gasteiger partial charge in [0.15, 0.2) is 0 Å². The van der Waals surface area contributed by atoms with Crippen molar-refractivity contribution in [2.24, 2.45) is 5.92 Å². The summed E-state index contributed by atoms with van der Waals surface area (Å²) in [7, 11) is 0. The van der Waals surface area contributed by atoms with Crippen LogP contribution in [0.4, 0.5) is 13.2 Å². The number of thioether (sulfide) groups is 1. The van der Waals surface area contributed by atoms with Crippen LogP contribution in [0.1, 0.15) is 32.1 Å². The highest BCUT2D eigenvalue weighted by atomic mass is 32.2. The third-order valence-electron chi connectivity index (χ3n) is 3.76. The molecule has 1 heterocycles. The molecule has 0 radical (unpaired) electrons. The molecule has 1 unspecified atom stereocenters. The fourth-order valence-electron chi connectivity index (χ4n) is 2.91. The molecule has 4 nitrogen and oxygen atoms in total. The average Bonchev–Trinajstić information content (AvgIpc) is 2.92. The lowest BCUT2D eigenvalue weighted by Crippen LogP contribution is -2.43. The van der Waals surface area contributed by atoms with E-state index in [-0.39, 0.29) is 36.4 Å². The van der Waals surface area contributed by atoms with Crippen molar-refractivity contribution in [3.63, 3.8) is 0 Å². The molecule has 2 rings (SSSR count). The average molecular weight is 311 g/mol. The van der Waals surface area contributed by atoms with E-state index in [1.165, 1.54) is 0 Å². The number of esters is 1. The molecule has 2 aliphatic rings. The number of ether oxygens (including phenoxy) is 1. The molecule has 0 aromatic rings. The van der Waals surface area contributed by atoms with Crippen molar-refractivity contribution in [2.75, 3.05) is 12.3 Å². The summed E-state index contributed by atoms with van der Waals surface area (Å²) in [5.74, 6) is -1.56. The summed E-state index contributed by atoms with van der Waals surface area (Å²) in [6.45, 7) is -0.0657. The molecule has 1 aliphatic carbocycles. The number of hydrogen-bond donors (Lipinski definition) is 1. The zero-order valence-corrected chi connectivity index (χ0v) is 11.6. The Morgan fingerprint density at radius 2 is 2.05 bits per heavy atom. The molecule has 114 valence electrons. The highest BCUT2D eigenvalue weighted by Crippen LogP contribution is 2.45. The maximum atomic E-state index is 12.0. The predicted octanol–water partition coefficient (Wildman–Crippen LogP) is 2.23. The van der Waals surface area contributed by atoms with E-state index in [0.29, 0.717) is 12.8 Å². The van der Waals surface area contributed by atoms with Crippen LogP contribution in [0.3, 0.4) is 0 Å². The summed E-state index contributed by atoms with van der Waals surface area (Å²) in [4.78, 5) is 23.5. The minimum absolute atomic E-state index is 0.0260. The van der Waals surface area contributed by atoms with Gasteiger partial charge in [0.1, 0.15) is 5.60 Å². The Morgan fingerprint density at radius 1 is 1.40 bits per heavy atom. The van der Waals surface area contributed by atoms with Crippen molar-refractivity contribution in [1.82, 2.24) is 5.32 Å². The van der Waals surface area contributed by atoms with Crippen LogP contribution >= 0.6 is 11.8 Å².